The largest absolute Gasteiger partial charge is 0.492 e. The second-order valence-electron chi connectivity index (χ2n) is 4.53. The molecule has 0 aliphatic heterocycles. The Bertz CT molecular complexity index is 441. The van der Waals surface area contributed by atoms with Gasteiger partial charge in [0.05, 0.1) is 22.1 Å². The Morgan fingerprint density at radius 1 is 1.42 bits per heavy atom. The number of nitro groups is 1. The Labute approximate surface area is 127 Å². The van der Waals surface area contributed by atoms with E-state index in [1.165, 1.54) is 12.1 Å². The van der Waals surface area contributed by atoms with Gasteiger partial charge in [0.2, 0.25) is 0 Å². The number of halogens is 1. The molecule has 1 aromatic carbocycles. The summed E-state index contributed by atoms with van der Waals surface area (Å²) in [5, 5.41) is 10.8. The lowest BCUT2D eigenvalue weighted by atomic mass is 9.85. The fourth-order valence-electron chi connectivity index (χ4n) is 1.67. The minimum absolute atomic E-state index is 0.00712. The van der Waals surface area contributed by atoms with Crippen molar-refractivity contribution >= 4 is 34.2 Å². The van der Waals surface area contributed by atoms with Gasteiger partial charge in [0.15, 0.2) is 0 Å². The van der Waals surface area contributed by atoms with Crippen molar-refractivity contribution in [2.24, 2.45) is 5.41 Å². The van der Waals surface area contributed by atoms with Gasteiger partial charge in [0.25, 0.3) is 5.69 Å². The molecule has 0 aliphatic rings. The lowest BCUT2D eigenvalue weighted by molar-refractivity contribution is -0.385. The van der Waals surface area contributed by atoms with Crippen molar-refractivity contribution in [3.63, 3.8) is 0 Å². The van der Waals surface area contributed by atoms with Gasteiger partial charge in [0, 0.05) is 11.5 Å². The lowest BCUT2D eigenvalue weighted by Gasteiger charge is -2.29. The highest BCUT2D eigenvalue weighted by molar-refractivity contribution is 9.10. The highest BCUT2D eigenvalue weighted by Gasteiger charge is 2.26. The van der Waals surface area contributed by atoms with Gasteiger partial charge in [-0.15, -0.1) is 0 Å². The van der Waals surface area contributed by atoms with Crippen molar-refractivity contribution in [3.05, 3.63) is 32.8 Å². The molecule has 6 heteroatoms. The molecule has 0 N–H and O–H groups in total. The first-order valence-electron chi connectivity index (χ1n) is 6.15. The maximum Gasteiger partial charge on any atom is 0.273 e. The molecular weight excluding hydrogens is 330 g/mol. The standard InChI is InChI=1S/C13H18BrNO3S/c1-3-13(4-2,9-19)8-18-12-7-10(15(16)17)5-6-11(12)14/h5-7,19H,3-4,8-9H2,1-2H3. The van der Waals surface area contributed by atoms with Gasteiger partial charge in [-0.1, -0.05) is 13.8 Å². The molecular formula is C13H18BrNO3S. The van der Waals surface area contributed by atoms with Crippen LogP contribution >= 0.6 is 28.6 Å². The molecule has 1 aromatic rings. The molecule has 0 aromatic heterocycles. The number of hydrogen-bond donors (Lipinski definition) is 1. The third-order valence-electron chi connectivity index (χ3n) is 3.49. The molecule has 0 heterocycles. The summed E-state index contributed by atoms with van der Waals surface area (Å²) in [5.74, 6) is 1.23. The van der Waals surface area contributed by atoms with Gasteiger partial charge in [-0.25, -0.2) is 0 Å². The predicted molar refractivity (Wildman–Crippen MR) is 83.2 cm³/mol. The molecule has 0 amide bonds. The highest BCUT2D eigenvalue weighted by Crippen LogP contribution is 2.33. The number of nitrogens with zero attached hydrogens (tertiary/aromatic N) is 1. The summed E-state index contributed by atoms with van der Waals surface area (Å²) >= 11 is 7.73. The van der Waals surface area contributed by atoms with Gasteiger partial charge < -0.3 is 4.74 Å². The Balaban J connectivity index is 2.87. The summed E-state index contributed by atoms with van der Waals surface area (Å²) in [5.41, 5.74) is 0.0374. The number of hydrogen-bond acceptors (Lipinski definition) is 4. The second-order valence-corrected chi connectivity index (χ2v) is 5.70. The first-order valence-corrected chi connectivity index (χ1v) is 7.58. The molecule has 0 spiro atoms. The minimum Gasteiger partial charge on any atom is -0.492 e. The van der Waals surface area contributed by atoms with E-state index in [0.717, 1.165) is 23.1 Å². The fraction of sp³-hybridized carbons (Fsp3) is 0.538. The van der Waals surface area contributed by atoms with Crippen LogP contribution in [0.4, 0.5) is 5.69 Å². The third kappa shape index (κ3) is 4.11. The van der Waals surface area contributed by atoms with Crippen LogP contribution in [0.5, 0.6) is 5.75 Å². The number of nitro benzene ring substituents is 1. The molecule has 0 bridgehead atoms. The van der Waals surface area contributed by atoms with E-state index in [2.05, 4.69) is 42.4 Å². The third-order valence-corrected chi connectivity index (χ3v) is 4.82. The van der Waals surface area contributed by atoms with Gasteiger partial charge >= 0.3 is 0 Å². The summed E-state index contributed by atoms with van der Waals surface area (Å²) < 4.78 is 6.49. The topological polar surface area (TPSA) is 52.4 Å². The van der Waals surface area contributed by atoms with Crippen molar-refractivity contribution in [2.75, 3.05) is 12.4 Å². The summed E-state index contributed by atoms with van der Waals surface area (Å²) in [4.78, 5) is 10.3. The molecule has 19 heavy (non-hydrogen) atoms. The van der Waals surface area contributed by atoms with Crippen LogP contribution in [0, 0.1) is 15.5 Å². The van der Waals surface area contributed by atoms with Crippen LogP contribution in [0.2, 0.25) is 0 Å². The molecule has 1 rings (SSSR count). The second kappa shape index (κ2) is 7.14. The van der Waals surface area contributed by atoms with Gasteiger partial charge in [-0.2, -0.15) is 12.6 Å². The quantitative estimate of drug-likeness (QED) is 0.449. The van der Waals surface area contributed by atoms with Crippen molar-refractivity contribution in [2.45, 2.75) is 26.7 Å². The minimum atomic E-state index is -0.426. The van der Waals surface area contributed by atoms with Gasteiger partial charge in [-0.05, 0) is 40.6 Å². The number of rotatable bonds is 7. The summed E-state index contributed by atoms with van der Waals surface area (Å²) in [6, 6.07) is 4.52. The van der Waals surface area contributed by atoms with Crippen LogP contribution in [-0.2, 0) is 0 Å². The van der Waals surface area contributed by atoms with E-state index in [1.54, 1.807) is 6.07 Å². The Hall–Kier alpha value is -0.750. The normalized spacial score (nSPS) is 11.4. The first kappa shape index (κ1) is 16.3. The zero-order valence-electron chi connectivity index (χ0n) is 11.1. The molecule has 0 saturated carbocycles. The van der Waals surface area contributed by atoms with E-state index in [1.807, 2.05) is 0 Å². The van der Waals surface area contributed by atoms with E-state index in [0.29, 0.717) is 12.4 Å². The maximum atomic E-state index is 10.8. The summed E-state index contributed by atoms with van der Waals surface area (Å²) in [6.07, 6.45) is 1.92. The van der Waals surface area contributed by atoms with Crippen LogP contribution in [0.1, 0.15) is 26.7 Å². The van der Waals surface area contributed by atoms with Crippen LogP contribution in [-0.4, -0.2) is 17.3 Å². The van der Waals surface area contributed by atoms with E-state index >= 15 is 0 Å². The van der Waals surface area contributed by atoms with Crippen LogP contribution < -0.4 is 4.74 Å². The first-order chi connectivity index (χ1) is 8.98. The van der Waals surface area contributed by atoms with Crippen LogP contribution in [0.15, 0.2) is 22.7 Å². The molecule has 0 fully saturated rings. The van der Waals surface area contributed by atoms with Crippen molar-refractivity contribution < 1.29 is 9.66 Å². The average Bonchev–Trinajstić information content (AvgIpc) is 2.42. The SMILES string of the molecule is CCC(CC)(CS)COc1cc([N+](=O)[O-])ccc1Br. The molecule has 0 unspecified atom stereocenters. The predicted octanol–water partition coefficient (Wildman–Crippen LogP) is 4.47. The van der Waals surface area contributed by atoms with Crippen LogP contribution in [0.3, 0.4) is 0 Å². The van der Waals surface area contributed by atoms with E-state index in [4.69, 9.17) is 4.74 Å². The van der Waals surface area contributed by atoms with E-state index in [-0.39, 0.29) is 11.1 Å². The van der Waals surface area contributed by atoms with Crippen molar-refractivity contribution in [3.8, 4) is 5.75 Å². The highest BCUT2D eigenvalue weighted by atomic mass is 79.9. The maximum absolute atomic E-state index is 10.8. The molecule has 0 atom stereocenters. The molecule has 0 radical (unpaired) electrons. The molecule has 0 aliphatic carbocycles. The molecule has 106 valence electrons. The van der Waals surface area contributed by atoms with Gasteiger partial charge in [-0.3, -0.25) is 10.1 Å². The zero-order valence-corrected chi connectivity index (χ0v) is 13.5. The van der Waals surface area contributed by atoms with Crippen LogP contribution in [0.25, 0.3) is 0 Å². The van der Waals surface area contributed by atoms with E-state index < -0.39 is 4.92 Å². The Kier molecular flexibility index (Phi) is 6.13. The Morgan fingerprint density at radius 2 is 2.05 bits per heavy atom. The fourth-order valence-corrected chi connectivity index (χ4v) is 2.57. The molecule has 0 saturated heterocycles. The Morgan fingerprint density at radius 3 is 2.53 bits per heavy atom. The lowest BCUT2D eigenvalue weighted by Crippen LogP contribution is -2.29. The average molecular weight is 348 g/mol. The number of thiol groups is 1. The number of non-ortho nitro benzene ring substituents is 1. The monoisotopic (exact) mass is 347 g/mol. The van der Waals surface area contributed by atoms with Crippen molar-refractivity contribution in [1.82, 2.24) is 0 Å². The van der Waals surface area contributed by atoms with Gasteiger partial charge in [0.1, 0.15) is 5.75 Å². The van der Waals surface area contributed by atoms with Crippen molar-refractivity contribution in [1.29, 1.82) is 0 Å². The zero-order chi connectivity index (χ0) is 14.5. The number of benzene rings is 1. The smallest absolute Gasteiger partial charge is 0.273 e. The van der Waals surface area contributed by atoms with E-state index in [9.17, 15) is 10.1 Å². The number of ether oxygens (including phenoxy) is 1. The summed E-state index contributed by atoms with van der Waals surface area (Å²) in [6.45, 7) is 4.71. The summed E-state index contributed by atoms with van der Waals surface area (Å²) in [7, 11) is 0. The molecule has 4 nitrogen and oxygen atoms in total.